The van der Waals surface area contributed by atoms with Crippen LogP contribution < -0.4 is 5.32 Å². The Kier molecular flexibility index (Phi) is 5.25. The molecule has 2 aromatic rings. The summed E-state index contributed by atoms with van der Waals surface area (Å²) >= 11 is 0. The van der Waals surface area contributed by atoms with E-state index in [1.165, 1.54) is 0 Å². The van der Waals surface area contributed by atoms with E-state index in [0.29, 0.717) is 5.69 Å². The normalized spacial score (nSPS) is 10.1. The number of rotatable bonds is 5. The van der Waals surface area contributed by atoms with Crippen molar-refractivity contribution in [2.75, 3.05) is 19.5 Å². The third-order valence-corrected chi connectivity index (χ3v) is 3.12. The van der Waals surface area contributed by atoms with Crippen molar-refractivity contribution < 1.29 is 23.9 Å². The number of aromatic nitrogens is 3. The second-order valence-electron chi connectivity index (χ2n) is 4.84. The molecule has 9 nitrogen and oxygen atoms in total. The van der Waals surface area contributed by atoms with Crippen LogP contribution in [0.15, 0.2) is 24.3 Å². The van der Waals surface area contributed by atoms with E-state index in [-0.39, 0.29) is 17.9 Å². The Labute approximate surface area is 137 Å². The highest BCUT2D eigenvalue weighted by Gasteiger charge is 2.27. The van der Waals surface area contributed by atoms with Crippen molar-refractivity contribution in [1.82, 2.24) is 15.0 Å². The van der Waals surface area contributed by atoms with Crippen LogP contribution in [-0.4, -0.2) is 47.1 Å². The lowest BCUT2D eigenvalue weighted by Crippen LogP contribution is -2.23. The van der Waals surface area contributed by atoms with Gasteiger partial charge in [0, 0.05) is 5.69 Å². The summed E-state index contributed by atoms with van der Waals surface area (Å²) in [4.78, 5) is 35.6. The van der Waals surface area contributed by atoms with Gasteiger partial charge in [-0.05, 0) is 19.1 Å². The molecular formula is C15H16N4O5. The first-order valence-electron chi connectivity index (χ1n) is 6.93. The molecule has 0 spiro atoms. The van der Waals surface area contributed by atoms with Gasteiger partial charge < -0.3 is 14.8 Å². The van der Waals surface area contributed by atoms with E-state index in [1.807, 2.05) is 19.1 Å². The van der Waals surface area contributed by atoms with Crippen LogP contribution in [-0.2, 0) is 20.8 Å². The van der Waals surface area contributed by atoms with E-state index in [0.717, 1.165) is 24.5 Å². The lowest BCUT2D eigenvalue weighted by molar-refractivity contribution is -0.116. The molecule has 0 aliphatic rings. The Bertz CT molecular complexity index is 767. The van der Waals surface area contributed by atoms with Gasteiger partial charge >= 0.3 is 11.9 Å². The standard InChI is InChI=1S/C15H16N4O5/c1-9-4-6-10(7-5-9)16-11(20)8-19-13(15(22)24-3)12(17-18-19)14(21)23-2/h4-7H,8H2,1-3H3,(H,16,20). The SMILES string of the molecule is COC(=O)c1nnn(CC(=O)Nc2ccc(C)cc2)c1C(=O)OC. The van der Waals surface area contributed by atoms with Gasteiger partial charge in [0.15, 0.2) is 5.69 Å². The number of nitrogens with one attached hydrogen (secondary N) is 1. The third kappa shape index (κ3) is 3.75. The van der Waals surface area contributed by atoms with Crippen LogP contribution in [0.1, 0.15) is 26.5 Å². The van der Waals surface area contributed by atoms with Crippen LogP contribution in [0.25, 0.3) is 0 Å². The highest BCUT2D eigenvalue weighted by Crippen LogP contribution is 2.11. The molecule has 1 aromatic heterocycles. The first-order chi connectivity index (χ1) is 11.5. The molecule has 0 radical (unpaired) electrons. The Balaban J connectivity index is 2.20. The fourth-order valence-corrected chi connectivity index (χ4v) is 1.93. The molecule has 0 aliphatic carbocycles. The van der Waals surface area contributed by atoms with Crippen molar-refractivity contribution in [3.05, 3.63) is 41.2 Å². The van der Waals surface area contributed by atoms with Crippen LogP contribution >= 0.6 is 0 Å². The molecule has 9 heteroatoms. The van der Waals surface area contributed by atoms with Gasteiger partial charge in [0.2, 0.25) is 11.6 Å². The number of esters is 2. The van der Waals surface area contributed by atoms with Crippen molar-refractivity contribution >= 4 is 23.5 Å². The number of aryl methyl sites for hydroxylation is 1. The fourth-order valence-electron chi connectivity index (χ4n) is 1.93. The van der Waals surface area contributed by atoms with E-state index in [1.54, 1.807) is 12.1 Å². The predicted octanol–water partition coefficient (Wildman–Crippen LogP) is 0.798. The van der Waals surface area contributed by atoms with Crippen LogP contribution in [0.5, 0.6) is 0 Å². The summed E-state index contributed by atoms with van der Waals surface area (Å²) in [5, 5.41) is 9.90. The number of carbonyl (C=O) groups is 3. The monoisotopic (exact) mass is 332 g/mol. The number of benzene rings is 1. The first kappa shape index (κ1) is 17.1. The average Bonchev–Trinajstić information content (AvgIpc) is 2.98. The number of hydrogen-bond donors (Lipinski definition) is 1. The Morgan fingerprint density at radius 2 is 1.71 bits per heavy atom. The summed E-state index contributed by atoms with van der Waals surface area (Å²) in [5.74, 6) is -2.13. The largest absolute Gasteiger partial charge is 0.464 e. The molecule has 0 fully saturated rings. The molecular weight excluding hydrogens is 316 g/mol. The smallest absolute Gasteiger partial charge is 0.361 e. The van der Waals surface area contributed by atoms with Crippen molar-refractivity contribution in [3.8, 4) is 0 Å². The van der Waals surface area contributed by atoms with Crippen molar-refractivity contribution in [2.24, 2.45) is 0 Å². The molecule has 1 N–H and O–H groups in total. The summed E-state index contributed by atoms with van der Waals surface area (Å²) in [7, 11) is 2.29. The maximum atomic E-state index is 12.1. The summed E-state index contributed by atoms with van der Waals surface area (Å²) in [6.45, 7) is 1.61. The minimum Gasteiger partial charge on any atom is -0.464 e. The van der Waals surface area contributed by atoms with Gasteiger partial charge in [0.05, 0.1) is 14.2 Å². The van der Waals surface area contributed by atoms with Crippen molar-refractivity contribution in [2.45, 2.75) is 13.5 Å². The van der Waals surface area contributed by atoms with Gasteiger partial charge in [0.1, 0.15) is 6.54 Å². The summed E-state index contributed by atoms with van der Waals surface area (Å²) in [6.07, 6.45) is 0. The van der Waals surface area contributed by atoms with Gasteiger partial charge in [-0.2, -0.15) is 0 Å². The Hall–Kier alpha value is -3.23. The molecule has 0 aliphatic heterocycles. The molecule has 24 heavy (non-hydrogen) atoms. The number of carbonyl (C=O) groups excluding carboxylic acids is 3. The highest BCUT2D eigenvalue weighted by atomic mass is 16.5. The zero-order valence-corrected chi connectivity index (χ0v) is 13.4. The first-order valence-corrected chi connectivity index (χ1v) is 6.93. The van der Waals surface area contributed by atoms with Gasteiger partial charge in [-0.3, -0.25) is 4.79 Å². The number of hydrogen-bond acceptors (Lipinski definition) is 7. The second kappa shape index (κ2) is 7.36. The third-order valence-electron chi connectivity index (χ3n) is 3.12. The molecule has 1 amide bonds. The second-order valence-corrected chi connectivity index (χ2v) is 4.84. The van der Waals surface area contributed by atoms with E-state index >= 15 is 0 Å². The van der Waals surface area contributed by atoms with Crippen LogP contribution in [0.3, 0.4) is 0 Å². The quantitative estimate of drug-likeness (QED) is 0.806. The molecule has 1 aromatic carbocycles. The molecule has 126 valence electrons. The number of nitrogens with zero attached hydrogens (tertiary/aromatic N) is 3. The molecule has 0 atom stereocenters. The molecule has 0 saturated carbocycles. The minimum atomic E-state index is -0.847. The topological polar surface area (TPSA) is 112 Å². The fraction of sp³-hybridized carbons (Fsp3) is 0.267. The summed E-state index contributed by atoms with van der Waals surface area (Å²) in [5.41, 5.74) is 1.09. The van der Waals surface area contributed by atoms with Crippen LogP contribution in [0.2, 0.25) is 0 Å². The summed E-state index contributed by atoms with van der Waals surface area (Å²) < 4.78 is 10.1. The van der Waals surface area contributed by atoms with E-state index < -0.39 is 17.8 Å². The maximum absolute atomic E-state index is 12.1. The van der Waals surface area contributed by atoms with Crippen LogP contribution in [0.4, 0.5) is 5.69 Å². The lowest BCUT2D eigenvalue weighted by Gasteiger charge is -2.07. The van der Waals surface area contributed by atoms with E-state index in [4.69, 9.17) is 0 Å². The van der Waals surface area contributed by atoms with E-state index in [9.17, 15) is 14.4 Å². The molecule has 0 unspecified atom stereocenters. The number of amides is 1. The molecule has 2 rings (SSSR count). The van der Waals surface area contributed by atoms with Gasteiger partial charge in [-0.15, -0.1) is 5.10 Å². The summed E-state index contributed by atoms with van der Waals surface area (Å²) in [6, 6.07) is 7.19. The minimum absolute atomic E-state index is 0.247. The Morgan fingerprint density at radius 1 is 1.08 bits per heavy atom. The van der Waals surface area contributed by atoms with Gasteiger partial charge in [0.25, 0.3) is 0 Å². The van der Waals surface area contributed by atoms with Gasteiger partial charge in [-0.25, -0.2) is 14.3 Å². The zero-order valence-electron chi connectivity index (χ0n) is 13.4. The molecule has 1 heterocycles. The maximum Gasteiger partial charge on any atom is 0.361 e. The molecule has 0 bridgehead atoms. The number of ether oxygens (including phenoxy) is 2. The van der Waals surface area contributed by atoms with Gasteiger partial charge in [-0.1, -0.05) is 22.9 Å². The molecule has 0 saturated heterocycles. The van der Waals surface area contributed by atoms with E-state index in [2.05, 4.69) is 25.1 Å². The van der Waals surface area contributed by atoms with Crippen molar-refractivity contribution in [3.63, 3.8) is 0 Å². The van der Waals surface area contributed by atoms with Crippen molar-refractivity contribution in [1.29, 1.82) is 0 Å². The Morgan fingerprint density at radius 3 is 2.29 bits per heavy atom. The number of methoxy groups -OCH3 is 2. The van der Waals surface area contributed by atoms with Crippen LogP contribution in [0, 0.1) is 6.92 Å². The highest BCUT2D eigenvalue weighted by molar-refractivity contribution is 6.01. The number of anilines is 1. The zero-order chi connectivity index (χ0) is 17.7. The average molecular weight is 332 g/mol. The lowest BCUT2D eigenvalue weighted by atomic mass is 10.2. The predicted molar refractivity (Wildman–Crippen MR) is 82.5 cm³/mol.